The van der Waals surface area contributed by atoms with E-state index in [4.69, 9.17) is 0 Å². The molecule has 164 valence electrons. The van der Waals surface area contributed by atoms with Crippen molar-refractivity contribution in [2.24, 2.45) is 4.99 Å². The Hall–Kier alpha value is -1.68. The first kappa shape index (κ1) is 24.6. The number of nitrogens with one attached hydrogen (secondary N) is 2. The minimum absolute atomic E-state index is 0. The van der Waals surface area contributed by atoms with Crippen LogP contribution >= 0.6 is 24.0 Å². The quantitative estimate of drug-likeness (QED) is 0.328. The Morgan fingerprint density at radius 2 is 1.80 bits per heavy atom. The highest BCUT2D eigenvalue weighted by Crippen LogP contribution is 2.43. The maximum atomic E-state index is 13.3. The van der Waals surface area contributed by atoms with Crippen molar-refractivity contribution in [1.29, 1.82) is 0 Å². The molecule has 1 aliphatic rings. The fourth-order valence-corrected chi connectivity index (χ4v) is 4.83. The van der Waals surface area contributed by atoms with Gasteiger partial charge in [0.25, 0.3) is 0 Å². The molecule has 0 aromatic heterocycles. The number of aryl methyl sites for hydroxylation is 1. The van der Waals surface area contributed by atoms with E-state index in [2.05, 4.69) is 15.6 Å². The number of hydrogen-bond acceptors (Lipinski definition) is 3. The second-order valence-corrected chi connectivity index (χ2v) is 9.78. The molecule has 2 N–H and O–H groups in total. The Morgan fingerprint density at radius 3 is 2.30 bits per heavy atom. The Bertz CT molecular complexity index is 1000. The molecule has 2 aromatic carbocycles. The van der Waals surface area contributed by atoms with Crippen molar-refractivity contribution in [2.75, 3.05) is 19.8 Å². The Labute approximate surface area is 195 Å². The van der Waals surface area contributed by atoms with Crippen molar-refractivity contribution in [1.82, 2.24) is 10.6 Å². The highest BCUT2D eigenvalue weighted by molar-refractivity contribution is 14.0. The fourth-order valence-electron chi connectivity index (χ4n) is 3.87. The second kappa shape index (κ2) is 10.1. The first-order valence-corrected chi connectivity index (χ1v) is 11.6. The second-order valence-electron chi connectivity index (χ2n) is 7.79. The molecule has 30 heavy (non-hydrogen) atoms. The molecule has 0 aliphatic heterocycles. The van der Waals surface area contributed by atoms with Crippen LogP contribution in [0.2, 0.25) is 0 Å². The predicted octanol–water partition coefficient (Wildman–Crippen LogP) is 3.94. The lowest BCUT2D eigenvalue weighted by atomic mass is 9.64. The maximum Gasteiger partial charge on any atom is 0.191 e. The average Bonchev–Trinajstić information content (AvgIpc) is 2.63. The van der Waals surface area contributed by atoms with Crippen LogP contribution in [0.5, 0.6) is 0 Å². The van der Waals surface area contributed by atoms with Crippen LogP contribution < -0.4 is 10.6 Å². The third-order valence-corrected chi connectivity index (χ3v) is 6.94. The van der Waals surface area contributed by atoms with Crippen molar-refractivity contribution in [3.63, 3.8) is 0 Å². The van der Waals surface area contributed by atoms with Crippen molar-refractivity contribution in [3.05, 3.63) is 65.0 Å². The summed E-state index contributed by atoms with van der Waals surface area (Å²) in [6.45, 7) is 3.06. The van der Waals surface area contributed by atoms with Crippen LogP contribution in [0.4, 0.5) is 4.39 Å². The molecule has 5 nitrogen and oxygen atoms in total. The van der Waals surface area contributed by atoms with Crippen LogP contribution in [0.3, 0.4) is 0 Å². The Kier molecular flexibility index (Phi) is 8.27. The van der Waals surface area contributed by atoms with Crippen molar-refractivity contribution < 1.29 is 12.8 Å². The lowest BCUT2D eigenvalue weighted by Crippen LogP contribution is -2.48. The summed E-state index contributed by atoms with van der Waals surface area (Å²) in [6.07, 6.45) is 4.51. The van der Waals surface area contributed by atoms with Gasteiger partial charge in [-0.05, 0) is 54.7 Å². The van der Waals surface area contributed by atoms with Gasteiger partial charge in [0.1, 0.15) is 5.82 Å². The lowest BCUT2D eigenvalue weighted by molar-refractivity contribution is 0.243. The summed E-state index contributed by atoms with van der Waals surface area (Å²) >= 11 is 0. The number of rotatable bonds is 6. The largest absolute Gasteiger partial charge is 0.356 e. The maximum absolute atomic E-state index is 13.3. The zero-order valence-electron chi connectivity index (χ0n) is 17.5. The third-order valence-electron chi connectivity index (χ3n) is 5.68. The summed E-state index contributed by atoms with van der Waals surface area (Å²) in [4.78, 5) is 4.65. The highest BCUT2D eigenvalue weighted by Gasteiger charge is 2.38. The van der Waals surface area contributed by atoms with E-state index in [9.17, 15) is 12.8 Å². The number of sulfone groups is 1. The van der Waals surface area contributed by atoms with Gasteiger partial charge in [-0.3, -0.25) is 4.99 Å². The van der Waals surface area contributed by atoms with Crippen LogP contribution in [0, 0.1) is 12.7 Å². The molecule has 1 saturated carbocycles. The van der Waals surface area contributed by atoms with Crippen LogP contribution in [-0.4, -0.2) is 34.2 Å². The summed E-state index contributed by atoms with van der Waals surface area (Å²) in [5, 5.41) is 6.68. The molecule has 2 aromatic rings. The number of halogens is 2. The molecular weight excluding hydrogens is 516 g/mol. The number of nitrogens with zero attached hydrogens (tertiary/aromatic N) is 1. The number of guanidine groups is 1. The van der Waals surface area contributed by atoms with E-state index < -0.39 is 9.84 Å². The van der Waals surface area contributed by atoms with Crippen LogP contribution in [0.1, 0.15) is 36.0 Å². The summed E-state index contributed by atoms with van der Waals surface area (Å²) in [5.74, 6) is 0.467. The molecule has 0 radical (unpaired) electrons. The van der Waals surface area contributed by atoms with E-state index in [1.165, 1.54) is 18.4 Å². The molecule has 1 aliphatic carbocycles. The van der Waals surface area contributed by atoms with Gasteiger partial charge < -0.3 is 10.6 Å². The molecule has 0 amide bonds. The van der Waals surface area contributed by atoms with Gasteiger partial charge >= 0.3 is 0 Å². The van der Waals surface area contributed by atoms with Gasteiger partial charge in [-0.2, -0.15) is 0 Å². The number of benzene rings is 2. The topological polar surface area (TPSA) is 70.6 Å². The van der Waals surface area contributed by atoms with E-state index >= 15 is 0 Å². The lowest BCUT2D eigenvalue weighted by Gasteiger charge is -2.43. The smallest absolute Gasteiger partial charge is 0.191 e. The van der Waals surface area contributed by atoms with E-state index in [0.29, 0.717) is 17.4 Å². The Morgan fingerprint density at radius 1 is 1.13 bits per heavy atom. The Balaban J connectivity index is 0.00000320. The molecule has 0 saturated heterocycles. The van der Waals surface area contributed by atoms with Gasteiger partial charge in [0, 0.05) is 31.8 Å². The predicted molar refractivity (Wildman–Crippen MR) is 130 cm³/mol. The minimum atomic E-state index is -3.22. The van der Waals surface area contributed by atoms with E-state index in [1.54, 1.807) is 20.0 Å². The zero-order valence-corrected chi connectivity index (χ0v) is 20.7. The van der Waals surface area contributed by atoms with Crippen molar-refractivity contribution >= 4 is 39.8 Å². The number of hydrogen-bond donors (Lipinski definition) is 2. The van der Waals surface area contributed by atoms with E-state index in [-0.39, 0.29) is 35.2 Å². The minimum Gasteiger partial charge on any atom is -0.356 e. The van der Waals surface area contributed by atoms with Crippen LogP contribution in [0.15, 0.2) is 52.4 Å². The van der Waals surface area contributed by atoms with Gasteiger partial charge in [0.15, 0.2) is 15.8 Å². The molecule has 3 rings (SSSR count). The van der Waals surface area contributed by atoms with Crippen LogP contribution in [-0.2, 0) is 21.8 Å². The summed E-state index contributed by atoms with van der Waals surface area (Å²) < 4.78 is 36.8. The van der Waals surface area contributed by atoms with E-state index in [1.807, 2.05) is 24.3 Å². The van der Waals surface area contributed by atoms with Crippen molar-refractivity contribution in [2.45, 2.75) is 43.0 Å². The first-order chi connectivity index (χ1) is 13.7. The van der Waals surface area contributed by atoms with E-state index in [0.717, 1.165) is 42.5 Å². The fraction of sp³-hybridized carbons (Fsp3) is 0.409. The molecule has 8 heteroatoms. The average molecular weight is 545 g/mol. The van der Waals surface area contributed by atoms with Gasteiger partial charge in [-0.1, -0.05) is 30.7 Å². The van der Waals surface area contributed by atoms with Gasteiger partial charge in [-0.25, -0.2) is 12.8 Å². The molecule has 0 bridgehead atoms. The summed E-state index contributed by atoms with van der Waals surface area (Å²) in [7, 11) is -1.50. The molecule has 0 unspecified atom stereocenters. The monoisotopic (exact) mass is 545 g/mol. The molecule has 0 heterocycles. The molecule has 0 spiro atoms. The van der Waals surface area contributed by atoms with Gasteiger partial charge in [0.2, 0.25) is 0 Å². The van der Waals surface area contributed by atoms with Crippen molar-refractivity contribution in [3.8, 4) is 0 Å². The highest BCUT2D eigenvalue weighted by atomic mass is 127. The molecular formula is C22H29FIN3O2S. The van der Waals surface area contributed by atoms with Gasteiger partial charge in [0.05, 0.1) is 4.90 Å². The molecule has 0 atom stereocenters. The SMILES string of the molecule is CN=C(NCc1ccc(S(C)(=O)=O)c(C)c1)NCC1(c2ccc(F)cc2)CCC1.I. The van der Waals surface area contributed by atoms with Gasteiger partial charge in [-0.15, -0.1) is 24.0 Å². The summed E-state index contributed by atoms with van der Waals surface area (Å²) in [6, 6.07) is 12.1. The van der Waals surface area contributed by atoms with Crippen LogP contribution in [0.25, 0.3) is 0 Å². The summed E-state index contributed by atoms with van der Waals surface area (Å²) in [5.41, 5.74) is 2.88. The normalized spacial score (nSPS) is 15.7. The zero-order chi connectivity index (χ0) is 21.1. The number of aliphatic imine (C=N–C) groups is 1. The molecule has 1 fully saturated rings. The first-order valence-electron chi connectivity index (χ1n) is 9.74. The standard InChI is InChI=1S/C22H28FN3O2S.HI/c1-16-13-17(5-10-20(16)29(3,27)28)14-25-21(24-2)26-15-22(11-4-12-22)18-6-8-19(23)9-7-18;/h5-10,13H,4,11-12,14-15H2,1-3H3,(H2,24,25,26);1H. The third kappa shape index (κ3) is 5.72.